The molecule has 0 radical (unpaired) electrons. The van der Waals surface area contributed by atoms with Crippen LogP contribution in [0.4, 0.5) is 0 Å². The van der Waals surface area contributed by atoms with Crippen LogP contribution in [-0.2, 0) is 17.9 Å². The van der Waals surface area contributed by atoms with E-state index < -0.39 is 12.6 Å². The molecule has 9 nitrogen and oxygen atoms in total. The van der Waals surface area contributed by atoms with Gasteiger partial charge in [0.1, 0.15) is 17.1 Å². The fourth-order valence-corrected chi connectivity index (χ4v) is 2.82. The van der Waals surface area contributed by atoms with E-state index in [-0.39, 0.29) is 17.8 Å². The zero-order valence-electron chi connectivity index (χ0n) is 15.5. The average molecular weight is 384 g/mol. The van der Waals surface area contributed by atoms with Crippen LogP contribution in [0, 0.1) is 0 Å². The number of hydrogen-bond acceptors (Lipinski definition) is 5. The van der Waals surface area contributed by atoms with E-state index in [1.165, 1.54) is 9.13 Å². The quantitative estimate of drug-likeness (QED) is 0.638. The van der Waals surface area contributed by atoms with E-state index in [0.29, 0.717) is 29.3 Å². The Balaban J connectivity index is 1.90. The Bertz CT molecular complexity index is 1150. The molecule has 146 valence electrons. The van der Waals surface area contributed by atoms with Crippen LogP contribution in [0.15, 0.2) is 33.9 Å². The molecule has 0 unspecified atom stereocenters. The lowest BCUT2D eigenvalue weighted by Gasteiger charge is -2.06. The number of rotatable bonds is 7. The summed E-state index contributed by atoms with van der Waals surface area (Å²) in [6.45, 7) is 3.86. The molecule has 0 aliphatic rings. The van der Waals surface area contributed by atoms with Gasteiger partial charge in [0.25, 0.3) is 5.56 Å². The molecule has 0 atom stereocenters. The van der Waals surface area contributed by atoms with Crippen molar-refractivity contribution in [2.75, 3.05) is 6.61 Å². The molecule has 0 aliphatic carbocycles. The van der Waals surface area contributed by atoms with Crippen LogP contribution in [0.1, 0.15) is 25.2 Å². The number of imidazole rings is 1. The highest BCUT2D eigenvalue weighted by atomic mass is 16.5. The summed E-state index contributed by atoms with van der Waals surface area (Å²) < 4.78 is 7.72. The van der Waals surface area contributed by atoms with Gasteiger partial charge in [-0.15, -0.1) is 0 Å². The van der Waals surface area contributed by atoms with Gasteiger partial charge >= 0.3 is 11.7 Å². The van der Waals surface area contributed by atoms with E-state index in [1.54, 1.807) is 43.3 Å². The molecular formula is C19H20N4O5. The molecule has 28 heavy (non-hydrogen) atoms. The van der Waals surface area contributed by atoms with Gasteiger partial charge in [-0.3, -0.25) is 13.9 Å². The van der Waals surface area contributed by atoms with E-state index in [9.17, 15) is 14.4 Å². The minimum Gasteiger partial charge on any atom is -0.482 e. The molecular weight excluding hydrogens is 364 g/mol. The lowest BCUT2D eigenvalue weighted by Crippen LogP contribution is -2.39. The van der Waals surface area contributed by atoms with Crippen LogP contribution in [-0.4, -0.2) is 36.8 Å². The third kappa shape index (κ3) is 3.73. The third-order valence-electron chi connectivity index (χ3n) is 4.19. The minimum atomic E-state index is -1.04. The van der Waals surface area contributed by atoms with E-state index in [1.807, 2.05) is 6.92 Å². The Morgan fingerprint density at radius 1 is 1.14 bits per heavy atom. The van der Waals surface area contributed by atoms with Gasteiger partial charge in [-0.2, -0.15) is 0 Å². The number of aryl methyl sites for hydroxylation is 1. The van der Waals surface area contributed by atoms with E-state index in [4.69, 9.17) is 9.84 Å². The van der Waals surface area contributed by atoms with E-state index >= 15 is 0 Å². The number of carboxylic acids is 1. The highest BCUT2D eigenvalue weighted by molar-refractivity contribution is 5.75. The van der Waals surface area contributed by atoms with Crippen molar-refractivity contribution in [1.29, 1.82) is 0 Å². The molecule has 0 aliphatic heterocycles. The number of nitrogens with zero attached hydrogens (tertiary/aromatic N) is 3. The van der Waals surface area contributed by atoms with Gasteiger partial charge in [0, 0.05) is 13.1 Å². The molecule has 2 aromatic heterocycles. The SMILES string of the molecule is CCn1c(=O)c2[nH]c(/C=C/c3ccc(OCC(=O)O)cc3)nc2n(CC)c1=O. The van der Waals surface area contributed by atoms with Crippen LogP contribution in [0.25, 0.3) is 23.3 Å². The zero-order chi connectivity index (χ0) is 20.3. The molecule has 0 spiro atoms. The molecule has 0 bridgehead atoms. The first-order valence-corrected chi connectivity index (χ1v) is 8.80. The number of aliphatic carboxylic acids is 1. The van der Waals surface area contributed by atoms with E-state index in [2.05, 4.69) is 9.97 Å². The predicted molar refractivity (Wildman–Crippen MR) is 104 cm³/mol. The van der Waals surface area contributed by atoms with Crippen LogP contribution >= 0.6 is 0 Å². The van der Waals surface area contributed by atoms with Gasteiger partial charge in [-0.25, -0.2) is 14.6 Å². The van der Waals surface area contributed by atoms with Gasteiger partial charge in [-0.05, 0) is 37.6 Å². The van der Waals surface area contributed by atoms with Crippen LogP contribution in [0.3, 0.4) is 0 Å². The highest BCUT2D eigenvalue weighted by Gasteiger charge is 2.14. The Hall–Kier alpha value is -3.62. The number of hydrogen-bond donors (Lipinski definition) is 2. The summed E-state index contributed by atoms with van der Waals surface area (Å²) in [6, 6.07) is 6.86. The maximum atomic E-state index is 12.5. The summed E-state index contributed by atoms with van der Waals surface area (Å²) >= 11 is 0. The van der Waals surface area contributed by atoms with Crippen molar-refractivity contribution in [3.8, 4) is 5.75 Å². The van der Waals surface area contributed by atoms with E-state index in [0.717, 1.165) is 5.56 Å². The molecule has 3 rings (SSSR count). The second kappa shape index (κ2) is 7.95. The number of ether oxygens (including phenoxy) is 1. The van der Waals surface area contributed by atoms with Crippen molar-refractivity contribution in [2.45, 2.75) is 26.9 Å². The number of carbonyl (C=O) groups is 1. The van der Waals surface area contributed by atoms with Crippen molar-refractivity contribution >= 4 is 29.3 Å². The largest absolute Gasteiger partial charge is 0.482 e. The van der Waals surface area contributed by atoms with Crippen molar-refractivity contribution in [3.05, 3.63) is 56.5 Å². The number of aromatic nitrogens is 4. The van der Waals surface area contributed by atoms with Crippen LogP contribution in [0.2, 0.25) is 0 Å². The molecule has 9 heteroatoms. The summed E-state index contributed by atoms with van der Waals surface area (Å²) in [5.41, 5.74) is 0.697. The molecule has 2 N–H and O–H groups in total. The summed E-state index contributed by atoms with van der Waals surface area (Å²) in [5, 5.41) is 8.61. The second-order valence-electron chi connectivity index (χ2n) is 5.98. The first kappa shape index (κ1) is 19.2. The fraction of sp³-hybridized carbons (Fsp3) is 0.263. The van der Waals surface area contributed by atoms with Crippen molar-refractivity contribution < 1.29 is 14.6 Å². The van der Waals surface area contributed by atoms with Crippen molar-refractivity contribution in [3.63, 3.8) is 0 Å². The molecule has 3 aromatic rings. The first-order valence-electron chi connectivity index (χ1n) is 8.80. The molecule has 2 heterocycles. The number of carboxylic acid groups (broad SMARTS) is 1. The van der Waals surface area contributed by atoms with Crippen molar-refractivity contribution in [1.82, 2.24) is 19.1 Å². The van der Waals surface area contributed by atoms with Gasteiger partial charge in [0.2, 0.25) is 0 Å². The lowest BCUT2D eigenvalue weighted by molar-refractivity contribution is -0.139. The summed E-state index contributed by atoms with van der Waals surface area (Å²) in [5.74, 6) is -0.134. The standard InChI is InChI=1S/C19H20N4O5/c1-3-22-17-16(18(26)23(4-2)19(22)27)20-14(21-17)10-7-12-5-8-13(9-6-12)28-11-15(24)25/h5-10H,3-4,11H2,1-2H3,(H,20,21)(H,24,25)/b10-7+. The number of fused-ring (bicyclic) bond motifs is 1. The molecule has 0 amide bonds. The Labute approximate surface area is 159 Å². The van der Waals surface area contributed by atoms with Crippen LogP contribution < -0.4 is 16.0 Å². The normalized spacial score (nSPS) is 11.4. The average Bonchev–Trinajstić information content (AvgIpc) is 3.10. The Morgan fingerprint density at radius 2 is 1.82 bits per heavy atom. The van der Waals surface area contributed by atoms with Gasteiger partial charge in [0.05, 0.1) is 0 Å². The predicted octanol–water partition coefficient (Wildman–Crippen LogP) is 1.56. The number of benzene rings is 1. The number of H-pyrrole nitrogens is 1. The number of aromatic amines is 1. The minimum absolute atomic E-state index is 0.286. The lowest BCUT2D eigenvalue weighted by atomic mass is 10.2. The molecule has 0 saturated carbocycles. The first-order chi connectivity index (χ1) is 13.4. The third-order valence-corrected chi connectivity index (χ3v) is 4.19. The Kier molecular flexibility index (Phi) is 5.44. The Morgan fingerprint density at radius 3 is 2.43 bits per heavy atom. The molecule has 0 fully saturated rings. The van der Waals surface area contributed by atoms with Gasteiger partial charge in [-0.1, -0.05) is 18.2 Å². The highest BCUT2D eigenvalue weighted by Crippen LogP contribution is 2.15. The van der Waals surface area contributed by atoms with Crippen molar-refractivity contribution in [2.24, 2.45) is 0 Å². The smallest absolute Gasteiger partial charge is 0.341 e. The number of nitrogens with one attached hydrogen (secondary N) is 1. The molecule has 0 saturated heterocycles. The second-order valence-corrected chi connectivity index (χ2v) is 5.98. The van der Waals surface area contributed by atoms with Gasteiger partial charge < -0.3 is 14.8 Å². The topological polar surface area (TPSA) is 119 Å². The fourth-order valence-electron chi connectivity index (χ4n) is 2.82. The summed E-state index contributed by atoms with van der Waals surface area (Å²) in [4.78, 5) is 42.7. The zero-order valence-corrected chi connectivity index (χ0v) is 15.5. The monoisotopic (exact) mass is 384 g/mol. The van der Waals surface area contributed by atoms with Gasteiger partial charge in [0.15, 0.2) is 12.3 Å². The molecule has 1 aromatic carbocycles. The van der Waals surface area contributed by atoms with Crippen LogP contribution in [0.5, 0.6) is 5.75 Å². The maximum Gasteiger partial charge on any atom is 0.341 e. The summed E-state index contributed by atoms with van der Waals surface area (Å²) in [6.07, 6.45) is 3.48. The summed E-state index contributed by atoms with van der Waals surface area (Å²) in [7, 11) is 0. The maximum absolute atomic E-state index is 12.5.